The van der Waals surface area contributed by atoms with Gasteiger partial charge < -0.3 is 5.73 Å². The van der Waals surface area contributed by atoms with E-state index >= 15 is 0 Å². The molecule has 1 aliphatic heterocycles. The molecule has 0 aromatic carbocycles. The summed E-state index contributed by atoms with van der Waals surface area (Å²) in [6.45, 7) is 7.31. The van der Waals surface area contributed by atoms with Crippen LogP contribution in [0.3, 0.4) is 0 Å². The van der Waals surface area contributed by atoms with Crippen molar-refractivity contribution >= 4 is 11.9 Å². The first kappa shape index (κ1) is 8.68. The number of hydrogen-bond donors (Lipinski definition) is 2. The number of hydrogen-bond acceptors (Lipinski definition) is 3. The Hall–Kier alpha value is -1.32. The third-order valence-electron chi connectivity index (χ3n) is 0.759. The molecule has 1 amide bonds. The average Bonchev–Trinajstić information content (AvgIpc) is 2.16. The van der Waals surface area contributed by atoms with E-state index < -0.39 is 0 Å². The Bertz CT molecular complexity index is 183. The van der Waals surface area contributed by atoms with E-state index in [0.717, 1.165) is 0 Å². The van der Waals surface area contributed by atoms with Crippen LogP contribution < -0.4 is 11.1 Å². The van der Waals surface area contributed by atoms with Gasteiger partial charge in [-0.15, -0.1) is 0 Å². The monoisotopic (exact) mass is 141 g/mol. The topological polar surface area (TPSA) is 67.5 Å². The number of rotatable bonds is 0. The summed E-state index contributed by atoms with van der Waals surface area (Å²) < 4.78 is 0. The van der Waals surface area contributed by atoms with Gasteiger partial charge in [-0.25, -0.2) is 4.99 Å². The predicted molar refractivity (Wildman–Crippen MR) is 40.3 cm³/mol. The van der Waals surface area contributed by atoms with E-state index in [-0.39, 0.29) is 17.6 Å². The Morgan fingerprint density at radius 2 is 2.10 bits per heavy atom. The second kappa shape index (κ2) is 3.66. The van der Waals surface area contributed by atoms with Crippen molar-refractivity contribution in [1.29, 1.82) is 0 Å². The van der Waals surface area contributed by atoms with Crippen LogP contribution in [0.15, 0.2) is 17.3 Å². The summed E-state index contributed by atoms with van der Waals surface area (Å²) in [4.78, 5) is 13.9. The van der Waals surface area contributed by atoms with Gasteiger partial charge in [-0.3, -0.25) is 10.1 Å². The first-order valence-corrected chi connectivity index (χ1v) is 3.04. The van der Waals surface area contributed by atoms with Crippen molar-refractivity contribution in [3.63, 3.8) is 0 Å². The number of nitrogens with zero attached hydrogens (tertiary/aromatic N) is 1. The van der Waals surface area contributed by atoms with Crippen molar-refractivity contribution in [2.75, 3.05) is 0 Å². The molecule has 0 aliphatic carbocycles. The van der Waals surface area contributed by atoms with E-state index in [1.807, 2.05) is 13.8 Å². The van der Waals surface area contributed by atoms with E-state index in [4.69, 9.17) is 5.73 Å². The van der Waals surface area contributed by atoms with Gasteiger partial charge in [0.25, 0.3) is 5.91 Å². The SMILES string of the molecule is C=C1N=C(N)NC1=O.CC. The van der Waals surface area contributed by atoms with Crippen molar-refractivity contribution in [3.8, 4) is 0 Å². The van der Waals surface area contributed by atoms with Crippen LogP contribution in [0, 0.1) is 0 Å². The maximum atomic E-state index is 10.4. The summed E-state index contributed by atoms with van der Waals surface area (Å²) in [6, 6.07) is 0. The molecule has 0 aromatic heterocycles. The first-order chi connectivity index (χ1) is 4.70. The van der Waals surface area contributed by atoms with E-state index in [0.29, 0.717) is 0 Å². The van der Waals surface area contributed by atoms with Crippen LogP contribution in [-0.2, 0) is 4.79 Å². The zero-order valence-electron chi connectivity index (χ0n) is 6.14. The number of carbonyl (C=O) groups is 1. The number of amides is 1. The normalized spacial score (nSPS) is 15.2. The molecule has 0 saturated carbocycles. The minimum atomic E-state index is -0.317. The number of carbonyl (C=O) groups excluding carboxylic acids is 1. The second-order valence-electron chi connectivity index (χ2n) is 1.40. The number of aliphatic imine (C=N–C) groups is 1. The molecule has 0 bridgehead atoms. The molecule has 4 nitrogen and oxygen atoms in total. The summed E-state index contributed by atoms with van der Waals surface area (Å²) in [6.07, 6.45) is 0. The quantitative estimate of drug-likeness (QED) is 0.465. The smallest absolute Gasteiger partial charge is 0.276 e. The lowest BCUT2D eigenvalue weighted by Crippen LogP contribution is -2.30. The standard InChI is InChI=1S/C4H5N3O.C2H6/c1-2-3(8)7-4(5)6-2;1-2/h1H2,(H3,5,6,7,8);1-2H3. The Labute approximate surface area is 59.8 Å². The van der Waals surface area contributed by atoms with Crippen molar-refractivity contribution in [3.05, 3.63) is 12.3 Å². The van der Waals surface area contributed by atoms with Gasteiger partial charge in [0, 0.05) is 0 Å². The zero-order chi connectivity index (χ0) is 8.15. The fourth-order valence-electron chi connectivity index (χ4n) is 0.413. The number of nitrogens with two attached hydrogens (primary N) is 1. The van der Waals surface area contributed by atoms with Crippen LogP contribution in [0.5, 0.6) is 0 Å². The van der Waals surface area contributed by atoms with Crippen molar-refractivity contribution in [2.45, 2.75) is 13.8 Å². The Morgan fingerprint density at radius 3 is 2.20 bits per heavy atom. The molecule has 1 rings (SSSR count). The largest absolute Gasteiger partial charge is 0.369 e. The molecule has 0 radical (unpaired) electrons. The molecule has 0 atom stereocenters. The Kier molecular flexibility index (Phi) is 3.17. The van der Waals surface area contributed by atoms with Crippen LogP contribution in [0.1, 0.15) is 13.8 Å². The lowest BCUT2D eigenvalue weighted by atomic mass is 10.5. The Balaban J connectivity index is 0.000000371. The summed E-state index contributed by atoms with van der Waals surface area (Å²) in [7, 11) is 0. The molecule has 1 aliphatic rings. The van der Waals surface area contributed by atoms with Crippen LogP contribution >= 0.6 is 0 Å². The van der Waals surface area contributed by atoms with Crippen LogP contribution in [-0.4, -0.2) is 11.9 Å². The van der Waals surface area contributed by atoms with E-state index in [2.05, 4.69) is 16.9 Å². The number of nitrogens with one attached hydrogen (secondary N) is 1. The highest BCUT2D eigenvalue weighted by Crippen LogP contribution is 1.96. The fourth-order valence-corrected chi connectivity index (χ4v) is 0.413. The van der Waals surface area contributed by atoms with Crippen molar-refractivity contribution in [2.24, 2.45) is 10.7 Å². The molecule has 3 N–H and O–H groups in total. The van der Waals surface area contributed by atoms with Gasteiger partial charge in [0.05, 0.1) is 0 Å². The van der Waals surface area contributed by atoms with Gasteiger partial charge in [0.15, 0.2) is 0 Å². The van der Waals surface area contributed by atoms with E-state index in [1.54, 1.807) is 0 Å². The molecule has 0 unspecified atom stereocenters. The molecule has 56 valence electrons. The van der Waals surface area contributed by atoms with Crippen molar-refractivity contribution in [1.82, 2.24) is 5.32 Å². The van der Waals surface area contributed by atoms with Gasteiger partial charge in [-0.1, -0.05) is 20.4 Å². The van der Waals surface area contributed by atoms with Gasteiger partial charge in [0.2, 0.25) is 5.96 Å². The summed E-state index contributed by atoms with van der Waals surface area (Å²) in [5.41, 5.74) is 5.24. The summed E-state index contributed by atoms with van der Waals surface area (Å²) in [5, 5.41) is 2.26. The maximum absolute atomic E-state index is 10.4. The van der Waals surface area contributed by atoms with E-state index in [1.165, 1.54) is 0 Å². The second-order valence-corrected chi connectivity index (χ2v) is 1.40. The minimum Gasteiger partial charge on any atom is -0.369 e. The van der Waals surface area contributed by atoms with Crippen LogP contribution in [0.25, 0.3) is 0 Å². The highest BCUT2D eigenvalue weighted by molar-refractivity contribution is 6.10. The average molecular weight is 141 g/mol. The van der Waals surface area contributed by atoms with Crippen LogP contribution in [0.4, 0.5) is 0 Å². The van der Waals surface area contributed by atoms with Gasteiger partial charge in [-0.05, 0) is 0 Å². The molecular weight excluding hydrogens is 130 g/mol. The molecule has 0 spiro atoms. The first-order valence-electron chi connectivity index (χ1n) is 3.04. The zero-order valence-corrected chi connectivity index (χ0v) is 6.14. The predicted octanol–water partition coefficient (Wildman–Crippen LogP) is -0.0292. The third kappa shape index (κ3) is 1.89. The maximum Gasteiger partial charge on any atom is 0.276 e. The third-order valence-corrected chi connectivity index (χ3v) is 0.759. The molecule has 10 heavy (non-hydrogen) atoms. The van der Waals surface area contributed by atoms with Gasteiger partial charge >= 0.3 is 0 Å². The highest BCUT2D eigenvalue weighted by atomic mass is 16.2. The van der Waals surface area contributed by atoms with E-state index in [9.17, 15) is 4.79 Å². The lowest BCUT2D eigenvalue weighted by molar-refractivity contribution is -0.115. The van der Waals surface area contributed by atoms with Crippen LogP contribution in [0.2, 0.25) is 0 Å². The minimum absolute atomic E-state index is 0.125. The Morgan fingerprint density at radius 1 is 1.60 bits per heavy atom. The molecule has 0 fully saturated rings. The molecule has 4 heteroatoms. The lowest BCUT2D eigenvalue weighted by Gasteiger charge is -1.85. The molecule has 0 aromatic rings. The molecule has 1 heterocycles. The molecule has 0 saturated heterocycles. The van der Waals surface area contributed by atoms with Gasteiger partial charge in [0.1, 0.15) is 5.70 Å². The summed E-state index contributed by atoms with van der Waals surface area (Å²) in [5.74, 6) is -0.192. The van der Waals surface area contributed by atoms with Crippen molar-refractivity contribution < 1.29 is 4.79 Å². The summed E-state index contributed by atoms with van der Waals surface area (Å²) >= 11 is 0. The molecular formula is C6H11N3O. The highest BCUT2D eigenvalue weighted by Gasteiger charge is 2.13. The van der Waals surface area contributed by atoms with Gasteiger partial charge in [-0.2, -0.15) is 0 Å². The number of guanidine groups is 1. The fraction of sp³-hybridized carbons (Fsp3) is 0.333.